The monoisotopic (exact) mass is 267 g/mol. The van der Waals surface area contributed by atoms with E-state index in [2.05, 4.69) is 6.92 Å². The minimum Gasteiger partial charge on any atom is -0.330 e. The quantitative estimate of drug-likeness (QED) is 0.879. The van der Waals surface area contributed by atoms with Crippen molar-refractivity contribution in [1.82, 2.24) is 0 Å². The van der Waals surface area contributed by atoms with Crippen molar-refractivity contribution in [2.24, 2.45) is 23.5 Å². The van der Waals surface area contributed by atoms with Crippen LogP contribution >= 0.6 is 0 Å². The van der Waals surface area contributed by atoms with Crippen LogP contribution in [0.15, 0.2) is 18.2 Å². The molecule has 1 aromatic carbocycles. The van der Waals surface area contributed by atoms with Crippen molar-refractivity contribution in [3.05, 3.63) is 35.4 Å². The maximum Gasteiger partial charge on any atom is 0.159 e. The van der Waals surface area contributed by atoms with Crippen LogP contribution in [-0.2, 0) is 6.42 Å². The summed E-state index contributed by atoms with van der Waals surface area (Å²) in [5.74, 6) is 0.279. The zero-order valence-corrected chi connectivity index (χ0v) is 11.5. The van der Waals surface area contributed by atoms with E-state index in [1.165, 1.54) is 31.4 Å². The van der Waals surface area contributed by atoms with E-state index in [-0.39, 0.29) is 0 Å². The summed E-state index contributed by atoms with van der Waals surface area (Å²) < 4.78 is 26.2. The molecule has 0 heterocycles. The molecule has 1 nitrogen and oxygen atoms in total. The molecule has 3 unspecified atom stereocenters. The van der Waals surface area contributed by atoms with E-state index in [1.54, 1.807) is 6.07 Å². The fraction of sp³-hybridized carbons (Fsp3) is 0.625. The number of benzene rings is 1. The smallest absolute Gasteiger partial charge is 0.159 e. The SMILES string of the molecule is CCC1CCC(CN)C(Cc2ccc(F)c(F)c2)C1. The van der Waals surface area contributed by atoms with Crippen molar-refractivity contribution in [3.63, 3.8) is 0 Å². The number of halogens is 2. The van der Waals surface area contributed by atoms with Gasteiger partial charge in [0.25, 0.3) is 0 Å². The first-order chi connectivity index (χ1) is 9.13. The summed E-state index contributed by atoms with van der Waals surface area (Å²) in [6.45, 7) is 2.92. The van der Waals surface area contributed by atoms with E-state index < -0.39 is 11.6 Å². The van der Waals surface area contributed by atoms with Gasteiger partial charge in [-0.15, -0.1) is 0 Å². The second-order valence-corrected chi connectivity index (χ2v) is 5.80. The molecular formula is C16H23F2N. The molecule has 0 radical (unpaired) electrons. The highest BCUT2D eigenvalue weighted by atomic mass is 19.2. The lowest BCUT2D eigenvalue weighted by Crippen LogP contribution is -2.31. The number of hydrogen-bond donors (Lipinski definition) is 1. The molecule has 2 rings (SSSR count). The lowest BCUT2D eigenvalue weighted by Gasteiger charge is -2.35. The van der Waals surface area contributed by atoms with E-state index in [1.807, 2.05) is 0 Å². The summed E-state index contributed by atoms with van der Waals surface area (Å²) in [6.07, 6.45) is 5.61. The van der Waals surface area contributed by atoms with Crippen molar-refractivity contribution >= 4 is 0 Å². The van der Waals surface area contributed by atoms with Gasteiger partial charge in [0.05, 0.1) is 0 Å². The molecule has 19 heavy (non-hydrogen) atoms. The van der Waals surface area contributed by atoms with E-state index in [0.29, 0.717) is 18.4 Å². The standard InChI is InChI=1S/C16H23F2N/c1-2-11-3-5-13(10-19)14(7-11)8-12-4-6-15(17)16(18)9-12/h4,6,9,11,13-14H,2-3,5,7-8,10,19H2,1H3. The Morgan fingerprint density at radius 3 is 2.58 bits per heavy atom. The number of nitrogens with two attached hydrogens (primary N) is 1. The Labute approximate surface area is 114 Å². The molecule has 3 heteroatoms. The second kappa shape index (κ2) is 6.47. The average Bonchev–Trinajstić information content (AvgIpc) is 2.43. The van der Waals surface area contributed by atoms with Crippen molar-refractivity contribution in [3.8, 4) is 0 Å². The van der Waals surface area contributed by atoms with Crippen LogP contribution in [0.2, 0.25) is 0 Å². The largest absolute Gasteiger partial charge is 0.330 e. The van der Waals surface area contributed by atoms with Crippen molar-refractivity contribution in [1.29, 1.82) is 0 Å². The molecule has 0 saturated heterocycles. The predicted molar refractivity (Wildman–Crippen MR) is 73.7 cm³/mol. The highest BCUT2D eigenvalue weighted by Gasteiger charge is 2.29. The van der Waals surface area contributed by atoms with Crippen LogP contribution in [0.25, 0.3) is 0 Å². The predicted octanol–water partition coefficient (Wildman–Crippen LogP) is 3.91. The van der Waals surface area contributed by atoms with E-state index in [0.717, 1.165) is 24.3 Å². The van der Waals surface area contributed by atoms with E-state index in [4.69, 9.17) is 5.73 Å². The molecule has 0 spiro atoms. The van der Waals surface area contributed by atoms with E-state index in [9.17, 15) is 8.78 Å². The minimum atomic E-state index is -0.769. The Balaban J connectivity index is 2.07. The Bertz CT molecular complexity index is 419. The third-order valence-corrected chi connectivity index (χ3v) is 4.61. The van der Waals surface area contributed by atoms with Gasteiger partial charge in [0.1, 0.15) is 0 Å². The number of rotatable bonds is 4. The van der Waals surface area contributed by atoms with Gasteiger partial charge in [0.2, 0.25) is 0 Å². The number of hydrogen-bond acceptors (Lipinski definition) is 1. The van der Waals surface area contributed by atoms with Gasteiger partial charge in [-0.05, 0) is 61.3 Å². The van der Waals surface area contributed by atoms with Gasteiger partial charge in [-0.2, -0.15) is 0 Å². The van der Waals surface area contributed by atoms with Gasteiger partial charge in [0.15, 0.2) is 11.6 Å². The maximum absolute atomic E-state index is 13.3. The molecular weight excluding hydrogens is 244 g/mol. The average molecular weight is 267 g/mol. The first kappa shape index (κ1) is 14.4. The molecule has 1 aliphatic rings. The summed E-state index contributed by atoms with van der Waals surface area (Å²) in [5.41, 5.74) is 6.74. The minimum absolute atomic E-state index is 0.508. The van der Waals surface area contributed by atoms with Crippen molar-refractivity contribution < 1.29 is 8.78 Å². The van der Waals surface area contributed by atoms with Gasteiger partial charge in [-0.1, -0.05) is 25.8 Å². The first-order valence-electron chi connectivity index (χ1n) is 7.28. The van der Waals surface area contributed by atoms with Crippen molar-refractivity contribution in [2.45, 2.75) is 39.0 Å². The molecule has 2 N–H and O–H groups in total. The Morgan fingerprint density at radius 2 is 1.95 bits per heavy atom. The third kappa shape index (κ3) is 3.53. The molecule has 0 aromatic heterocycles. The summed E-state index contributed by atoms with van der Waals surface area (Å²) in [6, 6.07) is 4.25. The Kier molecular flexibility index (Phi) is 4.92. The van der Waals surface area contributed by atoms with Crippen LogP contribution in [-0.4, -0.2) is 6.54 Å². The van der Waals surface area contributed by atoms with Gasteiger partial charge >= 0.3 is 0 Å². The van der Waals surface area contributed by atoms with Crippen molar-refractivity contribution in [2.75, 3.05) is 6.54 Å². The fourth-order valence-electron chi connectivity index (χ4n) is 3.32. The Morgan fingerprint density at radius 1 is 1.16 bits per heavy atom. The van der Waals surface area contributed by atoms with Crippen LogP contribution in [0.3, 0.4) is 0 Å². The molecule has 1 aliphatic carbocycles. The topological polar surface area (TPSA) is 26.0 Å². The highest BCUT2D eigenvalue weighted by Crippen LogP contribution is 2.37. The highest BCUT2D eigenvalue weighted by molar-refractivity contribution is 5.18. The molecule has 1 aromatic rings. The van der Waals surface area contributed by atoms with Crippen LogP contribution in [0.1, 0.15) is 38.2 Å². The molecule has 0 bridgehead atoms. The Hall–Kier alpha value is -0.960. The molecule has 0 aliphatic heterocycles. The van der Waals surface area contributed by atoms with Gasteiger partial charge < -0.3 is 5.73 Å². The van der Waals surface area contributed by atoms with Crippen LogP contribution in [0, 0.1) is 29.4 Å². The summed E-state index contributed by atoms with van der Waals surface area (Å²) in [5, 5.41) is 0. The second-order valence-electron chi connectivity index (χ2n) is 5.80. The lowest BCUT2D eigenvalue weighted by atomic mass is 9.71. The van der Waals surface area contributed by atoms with E-state index >= 15 is 0 Å². The van der Waals surface area contributed by atoms with Gasteiger partial charge in [0, 0.05) is 0 Å². The summed E-state index contributed by atoms with van der Waals surface area (Å²) >= 11 is 0. The third-order valence-electron chi connectivity index (χ3n) is 4.61. The molecule has 106 valence electrons. The molecule has 1 fully saturated rings. The fourth-order valence-corrected chi connectivity index (χ4v) is 3.32. The molecule has 3 atom stereocenters. The molecule has 1 saturated carbocycles. The van der Waals surface area contributed by atoms with Gasteiger partial charge in [-0.25, -0.2) is 8.78 Å². The van der Waals surface area contributed by atoms with Crippen LogP contribution in [0.5, 0.6) is 0 Å². The zero-order chi connectivity index (χ0) is 13.8. The zero-order valence-electron chi connectivity index (χ0n) is 11.5. The lowest BCUT2D eigenvalue weighted by molar-refractivity contribution is 0.179. The van der Waals surface area contributed by atoms with Crippen LogP contribution < -0.4 is 5.73 Å². The summed E-state index contributed by atoms with van der Waals surface area (Å²) in [7, 11) is 0. The van der Waals surface area contributed by atoms with Crippen LogP contribution in [0.4, 0.5) is 8.78 Å². The summed E-state index contributed by atoms with van der Waals surface area (Å²) in [4.78, 5) is 0. The van der Waals surface area contributed by atoms with Gasteiger partial charge in [-0.3, -0.25) is 0 Å². The molecule has 0 amide bonds. The first-order valence-corrected chi connectivity index (χ1v) is 7.28. The normalized spacial score (nSPS) is 27.5. The maximum atomic E-state index is 13.3.